The molecule has 0 spiro atoms. The summed E-state index contributed by atoms with van der Waals surface area (Å²) in [4.78, 5) is 22.3. The molecule has 1 saturated heterocycles. The van der Waals surface area contributed by atoms with Crippen LogP contribution in [-0.2, 0) is 4.79 Å². The number of hydrazone groups is 1. The molecule has 1 N–H and O–H groups in total. The van der Waals surface area contributed by atoms with Crippen molar-refractivity contribution in [2.45, 2.75) is 0 Å². The fourth-order valence-corrected chi connectivity index (χ4v) is 1.65. The minimum atomic E-state index is -0.558. The summed E-state index contributed by atoms with van der Waals surface area (Å²) in [5, 5.41) is 15.5. The van der Waals surface area contributed by atoms with Gasteiger partial charge >= 0.3 is 6.03 Å². The van der Waals surface area contributed by atoms with Crippen LogP contribution in [0.1, 0.15) is 5.56 Å². The van der Waals surface area contributed by atoms with E-state index in [9.17, 15) is 9.59 Å². The van der Waals surface area contributed by atoms with E-state index >= 15 is 0 Å². The zero-order valence-electron chi connectivity index (χ0n) is 11.2. The summed E-state index contributed by atoms with van der Waals surface area (Å²) in [5.41, 5.74) is 0.656. The minimum absolute atomic E-state index is 0.0835. The van der Waals surface area contributed by atoms with Crippen LogP contribution in [0.3, 0.4) is 0 Å². The van der Waals surface area contributed by atoms with Crippen molar-refractivity contribution >= 4 is 18.2 Å². The Hall–Kier alpha value is -3.08. The number of urea groups is 1. The quantitative estimate of drug-likeness (QED) is 0.627. The third-order valence-electron chi connectivity index (χ3n) is 2.60. The highest BCUT2D eigenvalue weighted by molar-refractivity contribution is 6.02. The van der Waals surface area contributed by atoms with Crippen LogP contribution in [0, 0.1) is 11.3 Å². The first-order valence-corrected chi connectivity index (χ1v) is 5.97. The summed E-state index contributed by atoms with van der Waals surface area (Å²) in [6.45, 7) is -0.185. The summed E-state index contributed by atoms with van der Waals surface area (Å²) in [6, 6.07) is 6.27. The van der Waals surface area contributed by atoms with E-state index in [2.05, 4.69) is 10.4 Å². The first-order valence-electron chi connectivity index (χ1n) is 5.97. The van der Waals surface area contributed by atoms with Gasteiger partial charge in [0.05, 0.1) is 13.3 Å². The van der Waals surface area contributed by atoms with Gasteiger partial charge in [-0.3, -0.25) is 10.1 Å². The van der Waals surface area contributed by atoms with Gasteiger partial charge in [0.15, 0.2) is 18.1 Å². The zero-order valence-corrected chi connectivity index (χ0v) is 11.2. The Labute approximate surface area is 120 Å². The zero-order chi connectivity index (χ0) is 15.2. The molecule has 1 fully saturated rings. The van der Waals surface area contributed by atoms with Gasteiger partial charge < -0.3 is 9.47 Å². The average Bonchev–Trinajstić information content (AvgIpc) is 2.81. The van der Waals surface area contributed by atoms with E-state index in [4.69, 9.17) is 14.7 Å². The fourth-order valence-electron chi connectivity index (χ4n) is 1.65. The van der Waals surface area contributed by atoms with Gasteiger partial charge in [0.2, 0.25) is 5.91 Å². The van der Waals surface area contributed by atoms with Crippen molar-refractivity contribution in [3.05, 3.63) is 23.8 Å². The van der Waals surface area contributed by atoms with E-state index < -0.39 is 11.9 Å². The van der Waals surface area contributed by atoms with Crippen LogP contribution in [0.15, 0.2) is 23.3 Å². The highest BCUT2D eigenvalue weighted by Crippen LogP contribution is 2.27. The highest BCUT2D eigenvalue weighted by atomic mass is 16.5. The summed E-state index contributed by atoms with van der Waals surface area (Å²) >= 11 is 0. The normalized spacial score (nSPS) is 14.2. The van der Waals surface area contributed by atoms with Crippen LogP contribution in [0.4, 0.5) is 4.79 Å². The molecule has 2 rings (SSSR count). The molecule has 1 aliphatic heterocycles. The van der Waals surface area contributed by atoms with Gasteiger partial charge in [-0.15, -0.1) is 0 Å². The van der Waals surface area contributed by atoms with Crippen molar-refractivity contribution in [3.8, 4) is 17.6 Å². The van der Waals surface area contributed by atoms with E-state index in [-0.39, 0.29) is 13.2 Å². The molecule has 1 aromatic carbocycles. The summed E-state index contributed by atoms with van der Waals surface area (Å²) in [5.74, 6) is 0.483. The molecule has 0 unspecified atom stereocenters. The lowest BCUT2D eigenvalue weighted by atomic mass is 10.2. The molecule has 1 aromatic rings. The number of nitrogens with zero attached hydrogens (tertiary/aromatic N) is 3. The highest BCUT2D eigenvalue weighted by Gasteiger charge is 2.25. The maximum atomic E-state index is 11.3. The minimum Gasteiger partial charge on any atom is -0.493 e. The van der Waals surface area contributed by atoms with Gasteiger partial charge in [-0.25, -0.2) is 9.80 Å². The van der Waals surface area contributed by atoms with Gasteiger partial charge in [0, 0.05) is 0 Å². The summed E-state index contributed by atoms with van der Waals surface area (Å²) in [7, 11) is 1.47. The van der Waals surface area contributed by atoms with Gasteiger partial charge in [0.1, 0.15) is 12.6 Å². The summed E-state index contributed by atoms with van der Waals surface area (Å²) < 4.78 is 10.3. The van der Waals surface area contributed by atoms with E-state index in [1.807, 2.05) is 6.07 Å². The molecule has 0 atom stereocenters. The van der Waals surface area contributed by atoms with Crippen molar-refractivity contribution in [2.75, 3.05) is 20.3 Å². The van der Waals surface area contributed by atoms with Crippen LogP contribution in [-0.4, -0.2) is 43.4 Å². The van der Waals surface area contributed by atoms with Crippen molar-refractivity contribution in [2.24, 2.45) is 5.10 Å². The Balaban J connectivity index is 2.12. The maximum Gasteiger partial charge on any atom is 0.344 e. The third kappa shape index (κ3) is 3.48. The van der Waals surface area contributed by atoms with Gasteiger partial charge in [0.25, 0.3) is 0 Å². The molecule has 0 aromatic heterocycles. The van der Waals surface area contributed by atoms with Gasteiger partial charge in [-0.1, -0.05) is 0 Å². The molecule has 8 heteroatoms. The van der Waals surface area contributed by atoms with E-state index in [1.165, 1.54) is 13.3 Å². The number of methoxy groups -OCH3 is 1. The van der Waals surface area contributed by atoms with Crippen molar-refractivity contribution < 1.29 is 19.1 Å². The van der Waals surface area contributed by atoms with Crippen molar-refractivity contribution in [1.82, 2.24) is 10.3 Å². The van der Waals surface area contributed by atoms with Crippen molar-refractivity contribution in [3.63, 3.8) is 0 Å². The van der Waals surface area contributed by atoms with Crippen LogP contribution < -0.4 is 14.8 Å². The second kappa shape index (κ2) is 6.38. The Bertz CT molecular complexity index is 636. The van der Waals surface area contributed by atoms with Crippen LogP contribution in [0.5, 0.6) is 11.5 Å². The Morgan fingerprint density at radius 2 is 2.29 bits per heavy atom. The van der Waals surface area contributed by atoms with E-state index in [1.54, 1.807) is 18.2 Å². The number of rotatable bonds is 5. The number of ether oxygens (including phenoxy) is 2. The molecule has 3 amide bonds. The molecule has 1 aliphatic rings. The van der Waals surface area contributed by atoms with E-state index in [0.717, 1.165) is 5.01 Å². The lowest BCUT2D eigenvalue weighted by molar-refractivity contribution is -0.118. The lowest BCUT2D eigenvalue weighted by Gasteiger charge is -2.09. The Morgan fingerprint density at radius 3 is 2.90 bits per heavy atom. The number of imide groups is 1. The SMILES string of the molecule is COc1cc(C=NN2CC(=O)NC2=O)ccc1OCC#N. The van der Waals surface area contributed by atoms with Crippen LogP contribution >= 0.6 is 0 Å². The molecule has 0 radical (unpaired) electrons. The smallest absolute Gasteiger partial charge is 0.344 e. The molecule has 21 heavy (non-hydrogen) atoms. The summed E-state index contributed by atoms with van der Waals surface area (Å²) in [6.07, 6.45) is 1.43. The number of hydrogen-bond donors (Lipinski definition) is 1. The first kappa shape index (κ1) is 14.3. The average molecular weight is 288 g/mol. The van der Waals surface area contributed by atoms with Gasteiger partial charge in [-0.2, -0.15) is 10.4 Å². The third-order valence-corrected chi connectivity index (χ3v) is 2.60. The Morgan fingerprint density at radius 1 is 1.48 bits per heavy atom. The first-order chi connectivity index (χ1) is 10.1. The maximum absolute atomic E-state index is 11.3. The molecule has 0 bridgehead atoms. The molecule has 108 valence electrons. The molecule has 8 nitrogen and oxygen atoms in total. The number of amides is 3. The molecular weight excluding hydrogens is 276 g/mol. The number of nitriles is 1. The molecule has 0 aliphatic carbocycles. The van der Waals surface area contributed by atoms with Crippen LogP contribution in [0.25, 0.3) is 0 Å². The second-order valence-corrected chi connectivity index (χ2v) is 4.01. The van der Waals surface area contributed by atoms with Crippen LogP contribution in [0.2, 0.25) is 0 Å². The number of benzene rings is 1. The fraction of sp³-hybridized carbons (Fsp3) is 0.231. The standard InChI is InChI=1S/C13H12N4O4/c1-20-11-6-9(2-3-10(11)21-5-4-14)7-15-17-8-12(18)16-13(17)19/h2-3,6-7H,5,8H2,1H3,(H,16,18,19). The number of carbonyl (C=O) groups excluding carboxylic acids is 2. The molecular formula is C13H12N4O4. The Kier molecular flexibility index (Phi) is 4.36. The molecule has 0 saturated carbocycles. The monoisotopic (exact) mass is 288 g/mol. The van der Waals surface area contributed by atoms with Crippen molar-refractivity contribution in [1.29, 1.82) is 5.26 Å². The predicted octanol–water partition coefficient (Wildman–Crippen LogP) is 0.483. The molecule has 1 heterocycles. The predicted molar refractivity (Wildman–Crippen MR) is 71.9 cm³/mol. The van der Waals surface area contributed by atoms with Gasteiger partial charge in [-0.05, 0) is 23.8 Å². The van der Waals surface area contributed by atoms with E-state index in [0.29, 0.717) is 17.1 Å². The number of carbonyl (C=O) groups is 2. The topological polar surface area (TPSA) is 104 Å². The lowest BCUT2D eigenvalue weighted by Crippen LogP contribution is -2.24. The second-order valence-electron chi connectivity index (χ2n) is 4.01. The number of hydrogen-bond acceptors (Lipinski definition) is 6. The largest absolute Gasteiger partial charge is 0.493 e. The number of nitrogens with one attached hydrogen (secondary N) is 1.